The lowest BCUT2D eigenvalue weighted by Gasteiger charge is -2.02. The van der Waals surface area contributed by atoms with Crippen molar-refractivity contribution >= 4 is 0 Å². The van der Waals surface area contributed by atoms with Crippen LogP contribution in [0.1, 0.15) is 18.9 Å². The maximum absolute atomic E-state index is 13.0. The van der Waals surface area contributed by atoms with Crippen molar-refractivity contribution in [3.63, 3.8) is 0 Å². The Hall–Kier alpha value is -1.95. The molecule has 1 aromatic carbocycles. The van der Waals surface area contributed by atoms with E-state index in [9.17, 15) is 9.18 Å². The standard InChI is InChI=1S/C13H15FN4O/c14-10-3-1-9(2-4-10)12-16-17(8-7-15)13(19)18(12)11-5-6-11/h1-4,11H,5-8,15H2. The van der Waals surface area contributed by atoms with Crippen molar-refractivity contribution in [2.45, 2.75) is 25.4 Å². The molecule has 2 N–H and O–H groups in total. The van der Waals surface area contributed by atoms with Crippen LogP contribution in [0.5, 0.6) is 0 Å². The van der Waals surface area contributed by atoms with Gasteiger partial charge in [-0.2, -0.15) is 0 Å². The Balaban J connectivity index is 2.11. The minimum absolute atomic E-state index is 0.132. The number of benzene rings is 1. The van der Waals surface area contributed by atoms with E-state index in [0.717, 1.165) is 18.4 Å². The summed E-state index contributed by atoms with van der Waals surface area (Å²) in [6.07, 6.45) is 1.98. The molecule has 0 aliphatic heterocycles. The second-order valence-corrected chi connectivity index (χ2v) is 4.73. The third kappa shape index (κ3) is 2.19. The zero-order valence-corrected chi connectivity index (χ0v) is 10.4. The smallest absolute Gasteiger partial charge is 0.329 e. The number of rotatable bonds is 4. The van der Waals surface area contributed by atoms with Gasteiger partial charge in [0, 0.05) is 18.2 Å². The van der Waals surface area contributed by atoms with Gasteiger partial charge in [-0.25, -0.2) is 13.9 Å². The molecular formula is C13H15FN4O. The number of aromatic nitrogens is 3. The lowest BCUT2D eigenvalue weighted by Crippen LogP contribution is -2.27. The van der Waals surface area contributed by atoms with Crippen LogP contribution in [-0.2, 0) is 6.54 Å². The van der Waals surface area contributed by atoms with Crippen molar-refractivity contribution in [3.8, 4) is 11.4 Å². The van der Waals surface area contributed by atoms with E-state index in [2.05, 4.69) is 5.10 Å². The first-order valence-corrected chi connectivity index (χ1v) is 6.36. The van der Waals surface area contributed by atoms with Gasteiger partial charge in [-0.15, -0.1) is 5.10 Å². The third-order valence-electron chi connectivity index (χ3n) is 3.23. The van der Waals surface area contributed by atoms with Crippen molar-refractivity contribution in [2.75, 3.05) is 6.54 Å². The molecule has 0 unspecified atom stereocenters. The first-order valence-electron chi connectivity index (χ1n) is 6.36. The summed E-state index contributed by atoms with van der Waals surface area (Å²) in [7, 11) is 0. The van der Waals surface area contributed by atoms with Gasteiger partial charge in [-0.05, 0) is 37.1 Å². The van der Waals surface area contributed by atoms with Gasteiger partial charge in [0.2, 0.25) is 0 Å². The van der Waals surface area contributed by atoms with E-state index >= 15 is 0 Å². The first-order chi connectivity index (χ1) is 9.20. The molecule has 1 aliphatic rings. The molecule has 0 spiro atoms. The molecule has 0 amide bonds. The second kappa shape index (κ2) is 4.62. The predicted molar refractivity (Wildman–Crippen MR) is 69.2 cm³/mol. The Kier molecular flexibility index (Phi) is 2.94. The molecule has 0 bridgehead atoms. The van der Waals surface area contributed by atoms with E-state index in [4.69, 9.17) is 5.73 Å². The summed E-state index contributed by atoms with van der Waals surface area (Å²) in [4.78, 5) is 12.2. The van der Waals surface area contributed by atoms with E-state index in [-0.39, 0.29) is 17.5 Å². The Labute approximate surface area is 109 Å². The molecule has 6 heteroatoms. The monoisotopic (exact) mass is 262 g/mol. The fraction of sp³-hybridized carbons (Fsp3) is 0.385. The minimum atomic E-state index is -0.301. The average molecular weight is 262 g/mol. The van der Waals surface area contributed by atoms with Crippen LogP contribution in [0.25, 0.3) is 11.4 Å². The normalized spacial score (nSPS) is 14.8. The van der Waals surface area contributed by atoms with Gasteiger partial charge in [-0.1, -0.05) is 0 Å². The van der Waals surface area contributed by atoms with Crippen molar-refractivity contribution in [1.82, 2.24) is 14.3 Å². The molecule has 0 saturated heterocycles. The number of hydrogen-bond acceptors (Lipinski definition) is 3. The van der Waals surface area contributed by atoms with Gasteiger partial charge in [0.1, 0.15) is 5.82 Å². The van der Waals surface area contributed by atoms with E-state index < -0.39 is 0 Å². The summed E-state index contributed by atoms with van der Waals surface area (Å²) in [5.41, 5.74) is 6.10. The van der Waals surface area contributed by atoms with Crippen molar-refractivity contribution in [3.05, 3.63) is 40.6 Å². The van der Waals surface area contributed by atoms with Crippen LogP contribution in [0, 0.1) is 5.82 Å². The summed E-state index contributed by atoms with van der Waals surface area (Å²) in [6.45, 7) is 0.761. The number of nitrogens with two attached hydrogens (primary N) is 1. The lowest BCUT2D eigenvalue weighted by molar-refractivity contribution is 0.583. The molecule has 1 aromatic heterocycles. The molecule has 1 heterocycles. The molecule has 1 fully saturated rings. The number of halogens is 1. The quantitative estimate of drug-likeness (QED) is 0.898. The Bertz CT molecular complexity index is 640. The lowest BCUT2D eigenvalue weighted by atomic mass is 10.2. The SMILES string of the molecule is NCCn1nc(-c2ccc(F)cc2)n(C2CC2)c1=O. The molecule has 2 aromatic rings. The van der Waals surface area contributed by atoms with E-state index in [1.807, 2.05) is 0 Å². The van der Waals surface area contributed by atoms with Gasteiger partial charge in [0.15, 0.2) is 5.82 Å². The van der Waals surface area contributed by atoms with Crippen molar-refractivity contribution < 1.29 is 4.39 Å². The highest BCUT2D eigenvalue weighted by Crippen LogP contribution is 2.36. The Morgan fingerprint density at radius 1 is 1.32 bits per heavy atom. The zero-order valence-electron chi connectivity index (χ0n) is 10.4. The van der Waals surface area contributed by atoms with Gasteiger partial charge in [0.25, 0.3) is 0 Å². The van der Waals surface area contributed by atoms with Crippen molar-refractivity contribution in [1.29, 1.82) is 0 Å². The topological polar surface area (TPSA) is 65.8 Å². The molecule has 5 nitrogen and oxygen atoms in total. The van der Waals surface area contributed by atoms with Gasteiger partial charge < -0.3 is 5.73 Å². The summed E-state index contributed by atoms with van der Waals surface area (Å²) < 4.78 is 16.1. The van der Waals surface area contributed by atoms with Crippen LogP contribution in [0.3, 0.4) is 0 Å². The van der Waals surface area contributed by atoms with Gasteiger partial charge in [-0.3, -0.25) is 4.57 Å². The molecule has 0 atom stereocenters. The molecule has 1 saturated carbocycles. The molecular weight excluding hydrogens is 247 g/mol. The van der Waals surface area contributed by atoms with Crippen LogP contribution >= 0.6 is 0 Å². The van der Waals surface area contributed by atoms with E-state index in [0.29, 0.717) is 18.9 Å². The number of nitrogens with zero attached hydrogens (tertiary/aromatic N) is 3. The molecule has 1 aliphatic carbocycles. The van der Waals surface area contributed by atoms with Crippen LogP contribution in [0.2, 0.25) is 0 Å². The van der Waals surface area contributed by atoms with Gasteiger partial charge >= 0.3 is 5.69 Å². The van der Waals surface area contributed by atoms with Gasteiger partial charge in [0.05, 0.1) is 6.54 Å². The van der Waals surface area contributed by atoms with Crippen LogP contribution in [0.4, 0.5) is 4.39 Å². The van der Waals surface area contributed by atoms with Crippen LogP contribution in [-0.4, -0.2) is 20.9 Å². The highest BCUT2D eigenvalue weighted by molar-refractivity contribution is 5.55. The van der Waals surface area contributed by atoms with Crippen LogP contribution < -0.4 is 11.4 Å². The maximum Gasteiger partial charge on any atom is 0.346 e. The molecule has 100 valence electrons. The van der Waals surface area contributed by atoms with E-state index in [1.165, 1.54) is 16.8 Å². The van der Waals surface area contributed by atoms with E-state index in [1.54, 1.807) is 16.7 Å². The average Bonchev–Trinajstić information content (AvgIpc) is 3.18. The molecule has 3 rings (SSSR count). The zero-order chi connectivity index (χ0) is 13.4. The molecule has 19 heavy (non-hydrogen) atoms. The fourth-order valence-corrected chi connectivity index (χ4v) is 2.15. The van der Waals surface area contributed by atoms with Crippen LogP contribution in [0.15, 0.2) is 29.1 Å². The summed E-state index contributed by atoms with van der Waals surface area (Å²) in [6, 6.07) is 6.25. The Morgan fingerprint density at radius 2 is 2.00 bits per heavy atom. The minimum Gasteiger partial charge on any atom is -0.329 e. The maximum atomic E-state index is 13.0. The third-order valence-corrected chi connectivity index (χ3v) is 3.23. The summed E-state index contributed by atoms with van der Waals surface area (Å²) in [5, 5.41) is 4.33. The summed E-state index contributed by atoms with van der Waals surface area (Å²) in [5.74, 6) is 0.298. The molecule has 0 radical (unpaired) electrons. The largest absolute Gasteiger partial charge is 0.346 e. The highest BCUT2D eigenvalue weighted by Gasteiger charge is 2.30. The first kappa shape index (κ1) is 12.1. The predicted octanol–water partition coefficient (Wildman–Crippen LogP) is 1.14. The summed E-state index contributed by atoms with van der Waals surface area (Å²) >= 11 is 0. The van der Waals surface area contributed by atoms with Crippen molar-refractivity contribution in [2.24, 2.45) is 5.73 Å². The Morgan fingerprint density at radius 3 is 2.58 bits per heavy atom. The fourth-order valence-electron chi connectivity index (χ4n) is 2.15. The highest BCUT2D eigenvalue weighted by atomic mass is 19.1. The second-order valence-electron chi connectivity index (χ2n) is 4.73. The number of hydrogen-bond donors (Lipinski definition) is 1.